The van der Waals surface area contributed by atoms with Gasteiger partial charge in [0.15, 0.2) is 0 Å². The summed E-state index contributed by atoms with van der Waals surface area (Å²) in [6.07, 6.45) is 2.15. The molecule has 1 atom stereocenters. The Bertz CT molecular complexity index is 432. The molecule has 0 heterocycles. The van der Waals surface area contributed by atoms with E-state index in [1.54, 1.807) is 6.07 Å². The Morgan fingerprint density at radius 2 is 2.21 bits per heavy atom. The maximum atomic E-state index is 13.5. The van der Waals surface area contributed by atoms with E-state index in [-0.39, 0.29) is 41.4 Å². The van der Waals surface area contributed by atoms with E-state index in [0.717, 1.165) is 12.8 Å². The van der Waals surface area contributed by atoms with Crippen LogP contribution in [0.4, 0.5) is 4.39 Å². The van der Waals surface area contributed by atoms with Crippen LogP contribution in [0.5, 0.6) is 0 Å². The third-order valence-electron chi connectivity index (χ3n) is 3.19. The molecule has 3 nitrogen and oxygen atoms in total. The van der Waals surface area contributed by atoms with Crippen LogP contribution in [-0.4, -0.2) is 18.5 Å². The fourth-order valence-corrected chi connectivity index (χ4v) is 2.22. The standard InChI is InChI=1S/C13H16ClFN2O.ClH/c14-10-2-1-3-11(15)9(10)6-13(18)17-12(7-16)8-4-5-8;/h1-3,8,12H,4-7,16H2,(H,17,18);1H. The highest BCUT2D eigenvalue weighted by Crippen LogP contribution is 2.32. The van der Waals surface area contributed by atoms with E-state index < -0.39 is 5.82 Å². The van der Waals surface area contributed by atoms with E-state index in [2.05, 4.69) is 5.32 Å². The Morgan fingerprint density at radius 3 is 2.74 bits per heavy atom. The minimum atomic E-state index is -0.451. The van der Waals surface area contributed by atoms with Crippen LogP contribution in [0.2, 0.25) is 5.02 Å². The summed E-state index contributed by atoms with van der Waals surface area (Å²) in [5, 5.41) is 3.12. The van der Waals surface area contributed by atoms with Crippen LogP contribution in [0.15, 0.2) is 18.2 Å². The topological polar surface area (TPSA) is 55.1 Å². The van der Waals surface area contributed by atoms with E-state index >= 15 is 0 Å². The van der Waals surface area contributed by atoms with Crippen LogP contribution in [-0.2, 0) is 11.2 Å². The van der Waals surface area contributed by atoms with Crippen molar-refractivity contribution < 1.29 is 9.18 Å². The Kier molecular flexibility index (Phi) is 6.04. The van der Waals surface area contributed by atoms with Crippen molar-refractivity contribution in [3.63, 3.8) is 0 Å². The van der Waals surface area contributed by atoms with Crippen LogP contribution in [0.3, 0.4) is 0 Å². The van der Waals surface area contributed by atoms with Gasteiger partial charge in [0.1, 0.15) is 5.82 Å². The molecule has 0 spiro atoms. The molecule has 0 aliphatic heterocycles. The minimum Gasteiger partial charge on any atom is -0.352 e. The van der Waals surface area contributed by atoms with Crippen LogP contribution in [0, 0.1) is 11.7 Å². The number of nitrogens with two attached hydrogens (primary N) is 1. The van der Waals surface area contributed by atoms with Gasteiger partial charge in [0.2, 0.25) is 5.91 Å². The van der Waals surface area contributed by atoms with Crippen molar-refractivity contribution in [2.45, 2.75) is 25.3 Å². The van der Waals surface area contributed by atoms with Gasteiger partial charge in [-0.3, -0.25) is 4.79 Å². The van der Waals surface area contributed by atoms with E-state index in [4.69, 9.17) is 17.3 Å². The Balaban J connectivity index is 0.00000180. The number of carbonyl (C=O) groups is 1. The summed E-state index contributed by atoms with van der Waals surface area (Å²) in [5.41, 5.74) is 5.84. The van der Waals surface area contributed by atoms with Crippen LogP contribution < -0.4 is 11.1 Å². The van der Waals surface area contributed by atoms with E-state index in [0.29, 0.717) is 12.5 Å². The highest BCUT2D eigenvalue weighted by atomic mass is 35.5. The molecule has 2 rings (SSSR count). The van der Waals surface area contributed by atoms with Gasteiger partial charge < -0.3 is 11.1 Å². The molecule has 1 aliphatic carbocycles. The van der Waals surface area contributed by atoms with Gasteiger partial charge in [0, 0.05) is 23.2 Å². The minimum absolute atomic E-state index is 0. The van der Waals surface area contributed by atoms with Crippen molar-refractivity contribution >= 4 is 29.9 Å². The molecule has 1 fully saturated rings. The summed E-state index contributed by atoms with van der Waals surface area (Å²) in [5.74, 6) is -0.201. The van der Waals surface area contributed by atoms with Crippen LogP contribution in [0.1, 0.15) is 18.4 Å². The third kappa shape index (κ3) is 4.34. The SMILES string of the molecule is Cl.NCC(NC(=O)Cc1c(F)cccc1Cl)C1CC1. The zero-order valence-electron chi connectivity index (χ0n) is 10.4. The molecular formula is C13H17Cl2FN2O. The third-order valence-corrected chi connectivity index (χ3v) is 3.54. The quantitative estimate of drug-likeness (QED) is 0.877. The van der Waals surface area contributed by atoms with Gasteiger partial charge in [-0.1, -0.05) is 17.7 Å². The maximum Gasteiger partial charge on any atom is 0.224 e. The predicted molar refractivity (Wildman–Crippen MR) is 76.1 cm³/mol. The van der Waals surface area contributed by atoms with Gasteiger partial charge in [-0.05, 0) is 30.9 Å². The second kappa shape index (κ2) is 7.08. The molecule has 1 amide bonds. The molecule has 0 saturated heterocycles. The smallest absolute Gasteiger partial charge is 0.224 e. The fraction of sp³-hybridized carbons (Fsp3) is 0.462. The molecule has 6 heteroatoms. The first kappa shape index (κ1) is 16.2. The lowest BCUT2D eigenvalue weighted by molar-refractivity contribution is -0.121. The number of hydrogen-bond acceptors (Lipinski definition) is 2. The first-order valence-electron chi connectivity index (χ1n) is 6.04. The van der Waals surface area contributed by atoms with Crippen molar-refractivity contribution in [1.29, 1.82) is 0 Å². The summed E-state index contributed by atoms with van der Waals surface area (Å²) in [6.45, 7) is 0.418. The number of benzene rings is 1. The van der Waals surface area contributed by atoms with Crippen LogP contribution in [0.25, 0.3) is 0 Å². The molecule has 1 unspecified atom stereocenters. The molecular weight excluding hydrogens is 290 g/mol. The first-order chi connectivity index (χ1) is 8.61. The predicted octanol–water partition coefficient (Wildman–Crippen LogP) is 2.30. The lowest BCUT2D eigenvalue weighted by Gasteiger charge is -2.16. The average Bonchev–Trinajstić information content (AvgIpc) is 3.15. The molecule has 0 bridgehead atoms. The van der Waals surface area contributed by atoms with Gasteiger partial charge in [-0.15, -0.1) is 12.4 Å². The normalized spacial score (nSPS) is 15.5. The number of hydrogen-bond donors (Lipinski definition) is 2. The Labute approximate surface area is 123 Å². The second-order valence-electron chi connectivity index (χ2n) is 4.62. The summed E-state index contributed by atoms with van der Waals surface area (Å²) in [7, 11) is 0. The largest absolute Gasteiger partial charge is 0.352 e. The number of nitrogens with one attached hydrogen (secondary N) is 1. The van der Waals surface area contributed by atoms with Crippen molar-refractivity contribution in [2.75, 3.05) is 6.54 Å². The second-order valence-corrected chi connectivity index (χ2v) is 5.03. The van der Waals surface area contributed by atoms with Gasteiger partial charge >= 0.3 is 0 Å². The molecule has 1 aliphatic rings. The van der Waals surface area contributed by atoms with E-state index in [1.165, 1.54) is 12.1 Å². The van der Waals surface area contributed by atoms with Crippen molar-refractivity contribution in [3.05, 3.63) is 34.6 Å². The summed E-state index contributed by atoms with van der Waals surface area (Å²) < 4.78 is 13.5. The van der Waals surface area contributed by atoms with Crippen LogP contribution >= 0.6 is 24.0 Å². The van der Waals surface area contributed by atoms with E-state index in [1.807, 2.05) is 0 Å². The summed E-state index contributed by atoms with van der Waals surface area (Å²) in [6, 6.07) is 4.40. The van der Waals surface area contributed by atoms with Gasteiger partial charge in [0.25, 0.3) is 0 Å². The zero-order chi connectivity index (χ0) is 13.1. The highest BCUT2D eigenvalue weighted by molar-refractivity contribution is 6.31. The van der Waals surface area contributed by atoms with Crippen molar-refractivity contribution in [1.82, 2.24) is 5.32 Å². The van der Waals surface area contributed by atoms with Crippen molar-refractivity contribution in [2.24, 2.45) is 11.7 Å². The number of rotatable bonds is 5. The molecule has 1 saturated carbocycles. The van der Waals surface area contributed by atoms with E-state index in [9.17, 15) is 9.18 Å². The summed E-state index contributed by atoms with van der Waals surface area (Å²) >= 11 is 5.87. The number of amides is 1. The first-order valence-corrected chi connectivity index (χ1v) is 6.42. The molecule has 1 aromatic rings. The molecule has 3 N–H and O–H groups in total. The monoisotopic (exact) mass is 306 g/mol. The summed E-state index contributed by atoms with van der Waals surface area (Å²) in [4.78, 5) is 11.8. The lowest BCUT2D eigenvalue weighted by Crippen LogP contribution is -2.42. The highest BCUT2D eigenvalue weighted by Gasteiger charge is 2.31. The Hall–Kier alpha value is -0.840. The van der Waals surface area contributed by atoms with Gasteiger partial charge in [-0.25, -0.2) is 4.39 Å². The fourth-order valence-electron chi connectivity index (χ4n) is 1.99. The molecule has 0 radical (unpaired) electrons. The van der Waals surface area contributed by atoms with Crippen molar-refractivity contribution in [3.8, 4) is 0 Å². The molecule has 0 aromatic heterocycles. The average molecular weight is 307 g/mol. The Morgan fingerprint density at radius 1 is 1.53 bits per heavy atom. The lowest BCUT2D eigenvalue weighted by atomic mass is 10.1. The number of halogens is 3. The maximum absolute atomic E-state index is 13.5. The van der Waals surface area contributed by atoms with Gasteiger partial charge in [-0.2, -0.15) is 0 Å². The molecule has 1 aromatic carbocycles. The zero-order valence-corrected chi connectivity index (χ0v) is 11.9. The molecule has 106 valence electrons. The van der Waals surface area contributed by atoms with Gasteiger partial charge in [0.05, 0.1) is 6.42 Å². The number of carbonyl (C=O) groups excluding carboxylic acids is 1. The molecule has 19 heavy (non-hydrogen) atoms.